The molecule has 1 unspecified atom stereocenters. The summed E-state index contributed by atoms with van der Waals surface area (Å²) in [5.41, 5.74) is 1.07. The summed E-state index contributed by atoms with van der Waals surface area (Å²) in [4.78, 5) is 13.5. The number of carbonyl (C=O) groups is 1. The fourth-order valence-corrected chi connectivity index (χ4v) is 7.09. The van der Waals surface area contributed by atoms with Gasteiger partial charge in [-0.2, -0.15) is 0 Å². The van der Waals surface area contributed by atoms with Crippen LogP contribution in [-0.4, -0.2) is 11.4 Å². The Morgan fingerprint density at radius 2 is 1.62 bits per heavy atom. The number of ether oxygens (including phenoxy) is 1. The Morgan fingerprint density at radius 3 is 2.29 bits per heavy atom. The van der Waals surface area contributed by atoms with Gasteiger partial charge in [0.2, 0.25) is 0 Å². The van der Waals surface area contributed by atoms with Crippen LogP contribution in [0.3, 0.4) is 0 Å². The predicted molar refractivity (Wildman–Crippen MR) is 82.1 cm³/mol. The van der Waals surface area contributed by atoms with E-state index in [1.54, 1.807) is 11.8 Å². The molecule has 0 spiro atoms. The van der Waals surface area contributed by atoms with Crippen LogP contribution in [0.5, 0.6) is 0 Å². The highest BCUT2D eigenvalue weighted by Gasteiger charge is 2.56. The molecule has 1 atom stereocenters. The molecule has 3 heteroatoms. The van der Waals surface area contributed by atoms with Crippen molar-refractivity contribution >= 4 is 17.7 Å². The van der Waals surface area contributed by atoms with Crippen molar-refractivity contribution in [1.29, 1.82) is 0 Å². The van der Waals surface area contributed by atoms with E-state index < -0.39 is 0 Å². The first-order chi connectivity index (χ1) is 10.2. The molecule has 1 heterocycles. The number of thioether (sulfide) groups is 1. The van der Waals surface area contributed by atoms with E-state index in [9.17, 15) is 4.79 Å². The van der Waals surface area contributed by atoms with Crippen LogP contribution >= 0.6 is 11.8 Å². The van der Waals surface area contributed by atoms with Crippen LogP contribution in [-0.2, 0) is 4.74 Å². The minimum absolute atomic E-state index is 0.0494. The van der Waals surface area contributed by atoms with Crippen LogP contribution < -0.4 is 0 Å². The van der Waals surface area contributed by atoms with Gasteiger partial charge in [-0.3, -0.25) is 0 Å². The summed E-state index contributed by atoms with van der Waals surface area (Å²) in [5, 5.41) is 0. The van der Waals surface area contributed by atoms with Crippen molar-refractivity contribution in [2.45, 2.75) is 48.9 Å². The zero-order valence-corrected chi connectivity index (χ0v) is 12.9. The highest BCUT2D eigenvalue weighted by Crippen LogP contribution is 2.64. The highest BCUT2D eigenvalue weighted by molar-refractivity contribution is 8.00. The standard InChI is InChI=1S/C18H20O2S/c19-16-14-3-1-2-4-15(14)21-17(20-16)18-8-11-5-12(9-18)7-13(6-11)10-18/h1-4,11-13,17H,5-10H2. The molecule has 4 aliphatic carbocycles. The molecule has 5 aliphatic rings. The van der Waals surface area contributed by atoms with E-state index in [-0.39, 0.29) is 16.8 Å². The molecule has 4 bridgehead atoms. The van der Waals surface area contributed by atoms with Crippen molar-refractivity contribution in [3.8, 4) is 0 Å². The van der Waals surface area contributed by atoms with E-state index in [1.165, 1.54) is 38.5 Å². The number of hydrogen-bond donors (Lipinski definition) is 0. The van der Waals surface area contributed by atoms with Gasteiger partial charge in [-0.15, -0.1) is 0 Å². The molecule has 0 amide bonds. The Kier molecular flexibility index (Phi) is 2.56. The van der Waals surface area contributed by atoms with Crippen LogP contribution in [0, 0.1) is 23.2 Å². The van der Waals surface area contributed by atoms with E-state index in [0.29, 0.717) is 0 Å². The van der Waals surface area contributed by atoms with E-state index >= 15 is 0 Å². The molecule has 1 aromatic carbocycles. The van der Waals surface area contributed by atoms with Gasteiger partial charge in [0.25, 0.3) is 0 Å². The first kappa shape index (κ1) is 12.6. The van der Waals surface area contributed by atoms with E-state index in [4.69, 9.17) is 4.74 Å². The smallest absolute Gasteiger partial charge is 0.340 e. The van der Waals surface area contributed by atoms with Crippen molar-refractivity contribution in [2.24, 2.45) is 23.2 Å². The van der Waals surface area contributed by atoms with Gasteiger partial charge < -0.3 is 4.74 Å². The fourth-order valence-electron chi connectivity index (χ4n) is 5.75. The molecule has 1 aliphatic heterocycles. The van der Waals surface area contributed by atoms with E-state index in [2.05, 4.69) is 6.07 Å². The Morgan fingerprint density at radius 1 is 1.00 bits per heavy atom. The summed E-state index contributed by atoms with van der Waals surface area (Å²) < 4.78 is 5.92. The average Bonchev–Trinajstić information content (AvgIpc) is 2.46. The van der Waals surface area contributed by atoms with Gasteiger partial charge in [0.1, 0.15) is 0 Å². The van der Waals surface area contributed by atoms with E-state index in [1.807, 2.05) is 18.2 Å². The number of carbonyl (C=O) groups excluding carboxylic acids is 1. The van der Waals surface area contributed by atoms with Crippen LogP contribution in [0.2, 0.25) is 0 Å². The largest absolute Gasteiger partial charge is 0.447 e. The second-order valence-corrected chi connectivity index (χ2v) is 8.73. The lowest BCUT2D eigenvalue weighted by Gasteiger charge is -2.58. The number of fused-ring (bicyclic) bond motifs is 1. The molecule has 6 rings (SSSR count). The summed E-state index contributed by atoms with van der Waals surface area (Å²) in [6.07, 6.45) is 8.15. The summed E-state index contributed by atoms with van der Waals surface area (Å²) >= 11 is 1.81. The number of cyclic esters (lactones) is 1. The van der Waals surface area contributed by atoms with Gasteiger partial charge in [-0.05, 0) is 68.4 Å². The average molecular weight is 300 g/mol. The number of esters is 1. The predicted octanol–water partition coefficient (Wildman–Crippen LogP) is 4.49. The normalized spacial score (nSPS) is 43.5. The first-order valence-electron chi connectivity index (χ1n) is 8.18. The molecule has 2 nitrogen and oxygen atoms in total. The maximum absolute atomic E-state index is 12.4. The third kappa shape index (κ3) is 1.82. The number of benzene rings is 1. The van der Waals surface area contributed by atoms with Crippen LogP contribution in [0.1, 0.15) is 48.9 Å². The van der Waals surface area contributed by atoms with Gasteiger partial charge in [0.05, 0.1) is 5.56 Å². The Balaban J connectivity index is 1.50. The lowest BCUT2D eigenvalue weighted by atomic mass is 9.50. The molecule has 0 aromatic heterocycles. The lowest BCUT2D eigenvalue weighted by molar-refractivity contribution is -0.0971. The second kappa shape index (κ2) is 4.28. The van der Waals surface area contributed by atoms with Gasteiger partial charge in [-0.25, -0.2) is 4.79 Å². The SMILES string of the molecule is O=C1OC(C23CC4CC(CC(C4)C2)C3)Sc2ccccc21. The molecule has 4 fully saturated rings. The third-order valence-corrected chi connectivity index (χ3v) is 7.56. The quantitative estimate of drug-likeness (QED) is 0.715. The van der Waals surface area contributed by atoms with Gasteiger partial charge in [0, 0.05) is 10.3 Å². The Bertz CT molecular complexity index is 574. The van der Waals surface area contributed by atoms with Gasteiger partial charge in [0.15, 0.2) is 5.44 Å². The lowest BCUT2D eigenvalue weighted by Crippen LogP contribution is -2.52. The summed E-state index contributed by atoms with van der Waals surface area (Å²) in [6.45, 7) is 0. The van der Waals surface area contributed by atoms with Crippen LogP contribution in [0.4, 0.5) is 0 Å². The highest BCUT2D eigenvalue weighted by atomic mass is 32.2. The topological polar surface area (TPSA) is 26.3 Å². The molecule has 0 saturated heterocycles. The molecular weight excluding hydrogens is 280 g/mol. The molecular formula is C18H20O2S. The maximum atomic E-state index is 12.4. The summed E-state index contributed by atoms with van der Waals surface area (Å²) in [6, 6.07) is 7.92. The van der Waals surface area contributed by atoms with Crippen molar-refractivity contribution in [3.05, 3.63) is 29.8 Å². The number of rotatable bonds is 1. The second-order valence-electron chi connectivity index (χ2n) is 7.63. The zero-order valence-electron chi connectivity index (χ0n) is 12.1. The maximum Gasteiger partial charge on any atom is 0.340 e. The molecule has 4 saturated carbocycles. The van der Waals surface area contributed by atoms with Crippen molar-refractivity contribution in [1.82, 2.24) is 0 Å². The fraction of sp³-hybridized carbons (Fsp3) is 0.611. The number of hydrogen-bond acceptors (Lipinski definition) is 3. The molecule has 0 radical (unpaired) electrons. The zero-order chi connectivity index (χ0) is 14.0. The Hall–Kier alpha value is -0.960. The van der Waals surface area contributed by atoms with Gasteiger partial charge >= 0.3 is 5.97 Å². The third-order valence-electron chi connectivity index (χ3n) is 6.14. The molecule has 0 N–H and O–H groups in total. The van der Waals surface area contributed by atoms with Crippen LogP contribution in [0.15, 0.2) is 29.2 Å². The summed E-state index contributed by atoms with van der Waals surface area (Å²) in [7, 11) is 0. The Labute approximate surface area is 129 Å². The monoisotopic (exact) mass is 300 g/mol. The van der Waals surface area contributed by atoms with Gasteiger partial charge in [-0.1, -0.05) is 23.9 Å². The van der Waals surface area contributed by atoms with Crippen molar-refractivity contribution in [3.63, 3.8) is 0 Å². The molecule has 1 aromatic rings. The van der Waals surface area contributed by atoms with Crippen molar-refractivity contribution < 1.29 is 9.53 Å². The first-order valence-corrected chi connectivity index (χ1v) is 9.06. The van der Waals surface area contributed by atoms with Crippen LogP contribution in [0.25, 0.3) is 0 Å². The summed E-state index contributed by atoms with van der Waals surface area (Å²) in [5.74, 6) is 2.58. The minimum Gasteiger partial charge on any atom is -0.447 e. The van der Waals surface area contributed by atoms with Crippen molar-refractivity contribution in [2.75, 3.05) is 0 Å². The molecule has 21 heavy (non-hydrogen) atoms. The minimum atomic E-state index is -0.106. The van der Waals surface area contributed by atoms with E-state index in [0.717, 1.165) is 28.2 Å². The molecule has 110 valence electrons.